The van der Waals surface area contributed by atoms with Crippen LogP contribution in [0.5, 0.6) is 0 Å². The summed E-state index contributed by atoms with van der Waals surface area (Å²) >= 11 is 6.28. The monoisotopic (exact) mass is 262 g/mol. The molecule has 0 N–H and O–H groups in total. The largest absolute Gasteiger partial charge is 0.349 e. The van der Waals surface area contributed by atoms with E-state index >= 15 is 0 Å². The highest BCUT2D eigenvalue weighted by Crippen LogP contribution is 2.28. The Morgan fingerprint density at radius 3 is 2.72 bits per heavy atom. The van der Waals surface area contributed by atoms with Crippen molar-refractivity contribution in [2.75, 3.05) is 13.1 Å². The van der Waals surface area contributed by atoms with Crippen molar-refractivity contribution in [2.24, 2.45) is 7.05 Å². The second-order valence-electron chi connectivity index (χ2n) is 5.24. The normalized spacial score (nSPS) is 17.4. The van der Waals surface area contributed by atoms with Gasteiger partial charge in [0.1, 0.15) is 0 Å². The van der Waals surface area contributed by atoms with E-state index in [0.717, 1.165) is 17.1 Å². The zero-order chi connectivity index (χ0) is 12.5. The van der Waals surface area contributed by atoms with E-state index in [2.05, 4.69) is 28.8 Å². The second kappa shape index (κ2) is 4.94. The Bertz CT molecular complexity index is 553. The van der Waals surface area contributed by atoms with E-state index in [4.69, 9.17) is 11.6 Å². The SMILES string of the molecule is Cn1cc(CN2CCCCC2)c2cccc(Cl)c21. The first-order valence-electron chi connectivity index (χ1n) is 6.70. The van der Waals surface area contributed by atoms with E-state index < -0.39 is 0 Å². The first-order valence-corrected chi connectivity index (χ1v) is 7.08. The van der Waals surface area contributed by atoms with E-state index in [-0.39, 0.29) is 0 Å². The number of halogens is 1. The molecule has 18 heavy (non-hydrogen) atoms. The Kier molecular flexibility index (Phi) is 3.31. The zero-order valence-corrected chi connectivity index (χ0v) is 11.6. The Morgan fingerprint density at radius 1 is 1.17 bits per heavy atom. The molecule has 1 aliphatic rings. The van der Waals surface area contributed by atoms with Crippen LogP contribution in [0.1, 0.15) is 24.8 Å². The van der Waals surface area contributed by atoms with E-state index in [1.54, 1.807) is 0 Å². The van der Waals surface area contributed by atoms with Gasteiger partial charge < -0.3 is 4.57 Å². The Labute approximate surface area is 113 Å². The molecule has 2 aromatic rings. The van der Waals surface area contributed by atoms with Crippen molar-refractivity contribution < 1.29 is 0 Å². The van der Waals surface area contributed by atoms with Crippen LogP contribution in [-0.2, 0) is 13.6 Å². The van der Waals surface area contributed by atoms with Crippen LogP contribution in [0.2, 0.25) is 5.02 Å². The molecule has 1 aliphatic heterocycles. The molecule has 0 aliphatic carbocycles. The van der Waals surface area contributed by atoms with Gasteiger partial charge in [0.05, 0.1) is 10.5 Å². The fourth-order valence-corrected chi connectivity index (χ4v) is 3.29. The van der Waals surface area contributed by atoms with Crippen LogP contribution in [-0.4, -0.2) is 22.6 Å². The highest BCUT2D eigenvalue weighted by molar-refractivity contribution is 6.35. The predicted octanol–water partition coefficient (Wildman–Crippen LogP) is 3.82. The molecule has 1 fully saturated rings. The number of hydrogen-bond donors (Lipinski definition) is 0. The lowest BCUT2D eigenvalue weighted by molar-refractivity contribution is 0.221. The minimum absolute atomic E-state index is 0.847. The molecule has 3 rings (SSSR count). The lowest BCUT2D eigenvalue weighted by atomic mass is 10.1. The predicted molar refractivity (Wildman–Crippen MR) is 77.1 cm³/mol. The molecule has 0 atom stereocenters. The molecule has 3 heteroatoms. The van der Waals surface area contributed by atoms with Gasteiger partial charge in [-0.3, -0.25) is 4.90 Å². The van der Waals surface area contributed by atoms with Crippen molar-refractivity contribution in [1.29, 1.82) is 0 Å². The van der Waals surface area contributed by atoms with Gasteiger partial charge >= 0.3 is 0 Å². The van der Waals surface area contributed by atoms with Crippen LogP contribution in [0.3, 0.4) is 0 Å². The van der Waals surface area contributed by atoms with Crippen molar-refractivity contribution in [3.63, 3.8) is 0 Å². The molecule has 96 valence electrons. The van der Waals surface area contributed by atoms with Gasteiger partial charge in [0.2, 0.25) is 0 Å². The number of piperidine rings is 1. The summed E-state index contributed by atoms with van der Waals surface area (Å²) in [6.45, 7) is 3.52. The number of benzene rings is 1. The van der Waals surface area contributed by atoms with Crippen LogP contribution in [0.25, 0.3) is 10.9 Å². The summed E-state index contributed by atoms with van der Waals surface area (Å²) in [5, 5.41) is 2.15. The average Bonchev–Trinajstić information content (AvgIpc) is 2.69. The molecule has 1 aromatic carbocycles. The highest BCUT2D eigenvalue weighted by atomic mass is 35.5. The van der Waals surface area contributed by atoms with E-state index in [9.17, 15) is 0 Å². The van der Waals surface area contributed by atoms with Crippen LogP contribution < -0.4 is 0 Å². The van der Waals surface area contributed by atoms with E-state index in [1.165, 1.54) is 43.3 Å². The molecular weight excluding hydrogens is 244 g/mol. The summed E-state index contributed by atoms with van der Waals surface area (Å²) in [7, 11) is 2.08. The van der Waals surface area contributed by atoms with Crippen LogP contribution in [0.4, 0.5) is 0 Å². The standard InChI is InChI=1S/C15H19ClN2/c1-17-10-12(11-18-8-3-2-4-9-18)13-6-5-7-14(16)15(13)17/h5-7,10H,2-4,8-9,11H2,1H3. The van der Waals surface area contributed by atoms with Crippen LogP contribution in [0, 0.1) is 0 Å². The topological polar surface area (TPSA) is 8.17 Å². The maximum atomic E-state index is 6.28. The maximum Gasteiger partial charge on any atom is 0.0670 e. The van der Waals surface area contributed by atoms with Gasteiger partial charge in [-0.2, -0.15) is 0 Å². The molecular formula is C15H19ClN2. The first kappa shape index (κ1) is 12.1. The zero-order valence-electron chi connectivity index (χ0n) is 10.8. The first-order chi connectivity index (χ1) is 8.75. The summed E-state index contributed by atoms with van der Waals surface area (Å²) in [6, 6.07) is 6.19. The van der Waals surface area contributed by atoms with Gasteiger partial charge in [0, 0.05) is 25.2 Å². The molecule has 2 heterocycles. The van der Waals surface area contributed by atoms with Crippen molar-refractivity contribution in [3.05, 3.63) is 35.0 Å². The van der Waals surface area contributed by atoms with Gasteiger partial charge in [-0.05, 0) is 37.6 Å². The number of aryl methyl sites for hydroxylation is 1. The third kappa shape index (κ3) is 2.15. The van der Waals surface area contributed by atoms with Gasteiger partial charge in [0.25, 0.3) is 0 Å². The van der Waals surface area contributed by atoms with Gasteiger partial charge in [-0.15, -0.1) is 0 Å². The van der Waals surface area contributed by atoms with E-state index in [1.807, 2.05) is 12.1 Å². The Morgan fingerprint density at radius 2 is 1.94 bits per heavy atom. The fraction of sp³-hybridized carbons (Fsp3) is 0.467. The summed E-state index contributed by atoms with van der Waals surface area (Å²) in [5.41, 5.74) is 2.56. The highest BCUT2D eigenvalue weighted by Gasteiger charge is 2.14. The molecule has 0 unspecified atom stereocenters. The molecule has 0 radical (unpaired) electrons. The van der Waals surface area contributed by atoms with Crippen molar-refractivity contribution >= 4 is 22.5 Å². The Hall–Kier alpha value is -0.990. The minimum Gasteiger partial charge on any atom is -0.349 e. The lowest BCUT2D eigenvalue weighted by Gasteiger charge is -2.26. The molecule has 1 aromatic heterocycles. The number of hydrogen-bond acceptors (Lipinski definition) is 1. The quantitative estimate of drug-likeness (QED) is 0.799. The lowest BCUT2D eigenvalue weighted by Crippen LogP contribution is -2.28. The number of nitrogens with zero attached hydrogens (tertiary/aromatic N) is 2. The third-order valence-corrected chi connectivity index (χ3v) is 4.18. The number of para-hydroxylation sites is 1. The molecule has 1 saturated heterocycles. The summed E-state index contributed by atoms with van der Waals surface area (Å²) < 4.78 is 2.15. The average molecular weight is 263 g/mol. The summed E-state index contributed by atoms with van der Waals surface area (Å²) in [4.78, 5) is 2.55. The Balaban J connectivity index is 1.94. The molecule has 0 saturated carbocycles. The molecule has 0 bridgehead atoms. The summed E-state index contributed by atoms with van der Waals surface area (Å²) in [5.74, 6) is 0. The van der Waals surface area contributed by atoms with Crippen molar-refractivity contribution in [1.82, 2.24) is 9.47 Å². The molecule has 0 spiro atoms. The fourth-order valence-electron chi connectivity index (χ4n) is 2.99. The van der Waals surface area contributed by atoms with E-state index in [0.29, 0.717) is 0 Å². The summed E-state index contributed by atoms with van der Waals surface area (Å²) in [6.07, 6.45) is 6.29. The number of fused-ring (bicyclic) bond motifs is 1. The number of aromatic nitrogens is 1. The van der Waals surface area contributed by atoms with Crippen molar-refractivity contribution in [2.45, 2.75) is 25.8 Å². The van der Waals surface area contributed by atoms with Crippen LogP contribution >= 0.6 is 11.6 Å². The van der Waals surface area contributed by atoms with Gasteiger partial charge in [-0.1, -0.05) is 30.2 Å². The molecule has 2 nitrogen and oxygen atoms in total. The maximum absolute atomic E-state index is 6.28. The van der Waals surface area contributed by atoms with Crippen LogP contribution in [0.15, 0.2) is 24.4 Å². The van der Waals surface area contributed by atoms with Gasteiger partial charge in [0.15, 0.2) is 0 Å². The minimum atomic E-state index is 0.847. The smallest absolute Gasteiger partial charge is 0.0670 e. The van der Waals surface area contributed by atoms with Crippen molar-refractivity contribution in [3.8, 4) is 0 Å². The molecule has 0 amide bonds. The second-order valence-corrected chi connectivity index (χ2v) is 5.65. The van der Waals surface area contributed by atoms with Gasteiger partial charge in [-0.25, -0.2) is 0 Å². The third-order valence-electron chi connectivity index (χ3n) is 3.88. The number of rotatable bonds is 2. The number of likely N-dealkylation sites (tertiary alicyclic amines) is 1.